The van der Waals surface area contributed by atoms with E-state index >= 15 is 0 Å². The Morgan fingerprint density at radius 3 is 2.50 bits per heavy atom. The van der Waals surface area contributed by atoms with Crippen LogP contribution in [0.2, 0.25) is 0 Å². The minimum Gasteiger partial charge on any atom is -0.496 e. The number of anilines is 2. The molecule has 1 aromatic heterocycles. The topological polar surface area (TPSA) is 53.5 Å². The van der Waals surface area contributed by atoms with E-state index in [1.807, 2.05) is 30.3 Å². The number of hydrogen-bond donors (Lipinski definition) is 1. The maximum Gasteiger partial charge on any atom is 0.227 e. The summed E-state index contributed by atoms with van der Waals surface area (Å²) in [5, 5.41) is 4.55. The maximum atomic E-state index is 5.48. The first-order valence-corrected chi connectivity index (χ1v) is 9.88. The van der Waals surface area contributed by atoms with Gasteiger partial charge in [-0.25, -0.2) is 4.98 Å². The van der Waals surface area contributed by atoms with Gasteiger partial charge in [-0.1, -0.05) is 37.3 Å². The van der Waals surface area contributed by atoms with Crippen LogP contribution < -0.4 is 15.0 Å². The number of rotatable bonds is 6. The van der Waals surface area contributed by atoms with Gasteiger partial charge in [0, 0.05) is 43.7 Å². The van der Waals surface area contributed by atoms with Gasteiger partial charge >= 0.3 is 0 Å². The Morgan fingerprint density at radius 1 is 0.964 bits per heavy atom. The minimum atomic E-state index is 0.647. The molecule has 2 heterocycles. The molecule has 1 aliphatic rings. The number of piperazine rings is 1. The molecular formula is C22H27N5O. The third-order valence-electron chi connectivity index (χ3n) is 5.33. The van der Waals surface area contributed by atoms with Crippen molar-refractivity contribution in [2.24, 2.45) is 0 Å². The second-order valence-corrected chi connectivity index (χ2v) is 6.98. The number of ether oxygens (including phenoxy) is 1. The molecule has 0 saturated carbocycles. The highest BCUT2D eigenvalue weighted by atomic mass is 16.5. The Bertz CT molecular complexity index is 937. The number of methoxy groups -OCH3 is 1. The predicted octanol–water partition coefficient (Wildman–Crippen LogP) is 3.39. The van der Waals surface area contributed by atoms with Gasteiger partial charge in [0.25, 0.3) is 0 Å². The van der Waals surface area contributed by atoms with Crippen LogP contribution in [0.5, 0.6) is 5.75 Å². The summed E-state index contributed by atoms with van der Waals surface area (Å²) in [7, 11) is 1.70. The Morgan fingerprint density at radius 2 is 1.71 bits per heavy atom. The largest absolute Gasteiger partial charge is 0.496 e. The molecule has 6 nitrogen and oxygen atoms in total. The molecule has 3 aromatic rings. The van der Waals surface area contributed by atoms with Crippen LogP contribution in [-0.2, 0) is 6.54 Å². The van der Waals surface area contributed by atoms with Crippen molar-refractivity contribution in [3.05, 3.63) is 54.1 Å². The summed E-state index contributed by atoms with van der Waals surface area (Å²) >= 11 is 0. The molecule has 0 bridgehead atoms. The molecule has 2 aromatic carbocycles. The highest BCUT2D eigenvalue weighted by molar-refractivity contribution is 5.90. The van der Waals surface area contributed by atoms with E-state index in [-0.39, 0.29) is 0 Å². The molecule has 1 N–H and O–H groups in total. The molecule has 6 heteroatoms. The van der Waals surface area contributed by atoms with Crippen molar-refractivity contribution in [3.63, 3.8) is 0 Å². The monoisotopic (exact) mass is 377 g/mol. The summed E-state index contributed by atoms with van der Waals surface area (Å²) in [6, 6.07) is 16.2. The van der Waals surface area contributed by atoms with E-state index in [0.717, 1.165) is 66.7 Å². The highest BCUT2D eigenvalue weighted by Gasteiger charge is 2.19. The second kappa shape index (κ2) is 8.44. The summed E-state index contributed by atoms with van der Waals surface area (Å²) in [6.07, 6.45) is 0. The van der Waals surface area contributed by atoms with Crippen LogP contribution in [0.4, 0.5) is 11.8 Å². The lowest BCUT2D eigenvalue weighted by molar-refractivity contribution is 0.270. The summed E-state index contributed by atoms with van der Waals surface area (Å²) in [5.74, 6) is 2.55. The van der Waals surface area contributed by atoms with E-state index in [9.17, 15) is 0 Å². The van der Waals surface area contributed by atoms with Gasteiger partial charge in [-0.15, -0.1) is 0 Å². The molecule has 0 atom stereocenters. The van der Waals surface area contributed by atoms with E-state index < -0.39 is 0 Å². The molecule has 0 radical (unpaired) electrons. The lowest BCUT2D eigenvalue weighted by Gasteiger charge is -2.34. The van der Waals surface area contributed by atoms with Crippen LogP contribution in [-0.4, -0.2) is 54.7 Å². The number of nitrogens with zero attached hydrogens (tertiary/aromatic N) is 4. The average molecular weight is 377 g/mol. The summed E-state index contributed by atoms with van der Waals surface area (Å²) < 4.78 is 5.48. The fourth-order valence-corrected chi connectivity index (χ4v) is 3.63. The lowest BCUT2D eigenvalue weighted by Crippen LogP contribution is -2.46. The molecule has 28 heavy (non-hydrogen) atoms. The van der Waals surface area contributed by atoms with Crippen molar-refractivity contribution in [1.82, 2.24) is 14.9 Å². The van der Waals surface area contributed by atoms with Crippen molar-refractivity contribution >= 4 is 22.7 Å². The molecule has 0 amide bonds. The quantitative estimate of drug-likeness (QED) is 0.711. The number of fused-ring (bicyclic) bond motifs is 1. The average Bonchev–Trinajstić information content (AvgIpc) is 2.77. The smallest absolute Gasteiger partial charge is 0.227 e. The third-order valence-corrected chi connectivity index (χ3v) is 5.33. The van der Waals surface area contributed by atoms with E-state index in [0.29, 0.717) is 6.54 Å². The van der Waals surface area contributed by atoms with Crippen molar-refractivity contribution < 1.29 is 4.74 Å². The zero-order valence-corrected chi connectivity index (χ0v) is 16.6. The number of aromatic nitrogens is 2. The van der Waals surface area contributed by atoms with Crippen molar-refractivity contribution in [1.29, 1.82) is 0 Å². The maximum absolute atomic E-state index is 5.48. The molecule has 1 saturated heterocycles. The fourth-order valence-electron chi connectivity index (χ4n) is 3.63. The van der Waals surface area contributed by atoms with Gasteiger partial charge in [-0.2, -0.15) is 4.98 Å². The molecule has 0 unspecified atom stereocenters. The van der Waals surface area contributed by atoms with Crippen LogP contribution in [0.1, 0.15) is 12.5 Å². The van der Waals surface area contributed by atoms with E-state index in [2.05, 4.69) is 40.2 Å². The van der Waals surface area contributed by atoms with E-state index in [4.69, 9.17) is 14.7 Å². The molecule has 1 aliphatic heterocycles. The zero-order valence-electron chi connectivity index (χ0n) is 16.6. The summed E-state index contributed by atoms with van der Waals surface area (Å²) in [6.45, 7) is 7.97. The van der Waals surface area contributed by atoms with Gasteiger partial charge in [0.15, 0.2) is 0 Å². The predicted molar refractivity (Wildman–Crippen MR) is 114 cm³/mol. The van der Waals surface area contributed by atoms with Gasteiger partial charge in [0.2, 0.25) is 5.95 Å². The minimum absolute atomic E-state index is 0.647. The highest BCUT2D eigenvalue weighted by Crippen LogP contribution is 2.26. The Hall–Kier alpha value is -2.86. The first-order valence-electron chi connectivity index (χ1n) is 9.88. The van der Waals surface area contributed by atoms with E-state index in [1.165, 1.54) is 0 Å². The van der Waals surface area contributed by atoms with Crippen LogP contribution >= 0.6 is 0 Å². The normalized spacial score (nSPS) is 15.0. The van der Waals surface area contributed by atoms with Gasteiger partial charge in [0.05, 0.1) is 12.6 Å². The summed E-state index contributed by atoms with van der Waals surface area (Å²) in [4.78, 5) is 14.5. The number of hydrogen-bond acceptors (Lipinski definition) is 6. The second-order valence-electron chi connectivity index (χ2n) is 6.98. The van der Waals surface area contributed by atoms with Crippen LogP contribution in [0.3, 0.4) is 0 Å². The van der Waals surface area contributed by atoms with Crippen molar-refractivity contribution in [3.8, 4) is 5.75 Å². The summed E-state index contributed by atoms with van der Waals surface area (Å²) in [5.41, 5.74) is 2.07. The zero-order chi connectivity index (χ0) is 19.3. The van der Waals surface area contributed by atoms with Gasteiger partial charge < -0.3 is 19.9 Å². The molecule has 146 valence electrons. The van der Waals surface area contributed by atoms with Crippen LogP contribution in [0.15, 0.2) is 48.5 Å². The first-order chi connectivity index (χ1) is 13.8. The van der Waals surface area contributed by atoms with Crippen molar-refractivity contribution in [2.75, 3.05) is 50.1 Å². The molecule has 1 fully saturated rings. The van der Waals surface area contributed by atoms with Crippen LogP contribution in [0.25, 0.3) is 10.9 Å². The third kappa shape index (κ3) is 3.87. The lowest BCUT2D eigenvalue weighted by atomic mass is 10.2. The Kier molecular flexibility index (Phi) is 5.58. The van der Waals surface area contributed by atoms with Crippen LogP contribution in [0, 0.1) is 0 Å². The molecule has 4 rings (SSSR count). The van der Waals surface area contributed by atoms with Crippen molar-refractivity contribution in [2.45, 2.75) is 13.5 Å². The molecule has 0 spiro atoms. The Labute approximate surface area is 166 Å². The number of para-hydroxylation sites is 2. The Balaban J connectivity index is 1.61. The number of nitrogens with one attached hydrogen (secondary N) is 1. The SMILES string of the molecule is CCN1CCN(c2nc(NCc3ccccc3OC)c3ccccc3n2)CC1. The molecule has 0 aliphatic carbocycles. The standard InChI is InChI=1S/C22H27N5O/c1-3-26-12-14-27(15-13-26)22-24-19-10-6-5-9-18(19)21(25-22)23-16-17-8-4-7-11-20(17)28-2/h4-11H,3,12-16H2,1-2H3,(H,23,24,25). The fraction of sp³-hybridized carbons (Fsp3) is 0.364. The van der Waals surface area contributed by atoms with Gasteiger partial charge in [-0.05, 0) is 24.7 Å². The molecular weight excluding hydrogens is 350 g/mol. The number of benzene rings is 2. The van der Waals surface area contributed by atoms with Gasteiger partial charge in [-0.3, -0.25) is 0 Å². The van der Waals surface area contributed by atoms with E-state index in [1.54, 1.807) is 7.11 Å². The van der Waals surface area contributed by atoms with Gasteiger partial charge in [0.1, 0.15) is 11.6 Å². The first kappa shape index (κ1) is 18.5. The number of likely N-dealkylation sites (N-methyl/N-ethyl adjacent to an activating group) is 1.